The fourth-order valence-corrected chi connectivity index (χ4v) is 2.93. The van der Waals surface area contributed by atoms with Gasteiger partial charge in [0.15, 0.2) is 0 Å². The summed E-state index contributed by atoms with van der Waals surface area (Å²) < 4.78 is 7.35. The van der Waals surface area contributed by atoms with Gasteiger partial charge in [0, 0.05) is 12.7 Å². The number of para-hydroxylation sites is 3. The molecule has 0 aliphatic rings. The van der Waals surface area contributed by atoms with Crippen LogP contribution in [0, 0.1) is 0 Å². The highest BCUT2D eigenvalue weighted by atomic mass is 16.5. The van der Waals surface area contributed by atoms with Gasteiger partial charge >= 0.3 is 0 Å². The Kier molecular flexibility index (Phi) is 4.47. The van der Waals surface area contributed by atoms with Crippen LogP contribution in [0.15, 0.2) is 67.1 Å². The Hall–Kier alpha value is -3.41. The SMILES string of the molecule is COc1ccccc1CCNc1nccc(-n2cnc3ccccc32)n1. The number of ether oxygens (including phenoxy) is 1. The molecule has 0 saturated carbocycles. The summed E-state index contributed by atoms with van der Waals surface area (Å²) in [4.78, 5) is 13.3. The van der Waals surface area contributed by atoms with Gasteiger partial charge in [-0.2, -0.15) is 4.98 Å². The van der Waals surface area contributed by atoms with Gasteiger partial charge in [-0.05, 0) is 36.2 Å². The van der Waals surface area contributed by atoms with E-state index in [1.54, 1.807) is 19.6 Å². The van der Waals surface area contributed by atoms with E-state index in [-0.39, 0.29) is 0 Å². The molecule has 0 unspecified atom stereocenters. The number of hydrogen-bond donors (Lipinski definition) is 1. The smallest absolute Gasteiger partial charge is 0.224 e. The fourth-order valence-electron chi connectivity index (χ4n) is 2.93. The summed E-state index contributed by atoms with van der Waals surface area (Å²) >= 11 is 0. The van der Waals surface area contributed by atoms with Crippen LogP contribution in [0.5, 0.6) is 5.75 Å². The van der Waals surface area contributed by atoms with Crippen molar-refractivity contribution in [1.29, 1.82) is 0 Å². The Morgan fingerprint density at radius 1 is 1.00 bits per heavy atom. The van der Waals surface area contributed by atoms with E-state index in [0.29, 0.717) is 12.5 Å². The van der Waals surface area contributed by atoms with Crippen LogP contribution in [-0.2, 0) is 6.42 Å². The van der Waals surface area contributed by atoms with Gasteiger partial charge in [-0.15, -0.1) is 0 Å². The molecule has 2 heterocycles. The molecule has 0 aliphatic heterocycles. The van der Waals surface area contributed by atoms with Gasteiger partial charge in [0.25, 0.3) is 0 Å². The van der Waals surface area contributed by atoms with Crippen LogP contribution in [0.4, 0.5) is 5.95 Å². The van der Waals surface area contributed by atoms with Gasteiger partial charge < -0.3 is 10.1 Å². The van der Waals surface area contributed by atoms with Crippen molar-refractivity contribution in [2.75, 3.05) is 19.0 Å². The molecule has 0 aliphatic carbocycles. The molecule has 0 amide bonds. The van der Waals surface area contributed by atoms with Crippen LogP contribution in [0.2, 0.25) is 0 Å². The molecule has 4 aromatic rings. The standard InChI is InChI=1S/C20H19N5O/c1-26-18-9-5-2-6-15(18)10-12-21-20-22-13-11-19(24-20)25-14-23-16-7-3-4-8-17(16)25/h2-9,11,13-14H,10,12H2,1H3,(H,21,22,24). The lowest BCUT2D eigenvalue weighted by atomic mass is 10.1. The molecule has 6 heteroatoms. The number of methoxy groups -OCH3 is 1. The average Bonchev–Trinajstić information content (AvgIpc) is 3.13. The zero-order valence-corrected chi connectivity index (χ0v) is 14.5. The van der Waals surface area contributed by atoms with Gasteiger partial charge in [-0.3, -0.25) is 4.57 Å². The first-order valence-electron chi connectivity index (χ1n) is 8.46. The van der Waals surface area contributed by atoms with Gasteiger partial charge in [0.05, 0.1) is 18.1 Å². The highest BCUT2D eigenvalue weighted by Gasteiger charge is 2.07. The summed E-state index contributed by atoms with van der Waals surface area (Å²) in [5, 5.41) is 3.28. The third-order valence-electron chi connectivity index (χ3n) is 4.21. The lowest BCUT2D eigenvalue weighted by Gasteiger charge is -2.10. The lowest BCUT2D eigenvalue weighted by molar-refractivity contribution is 0.410. The molecule has 0 atom stereocenters. The van der Waals surface area contributed by atoms with Crippen molar-refractivity contribution < 1.29 is 4.74 Å². The summed E-state index contributed by atoms with van der Waals surface area (Å²) in [6.07, 6.45) is 4.36. The Morgan fingerprint density at radius 3 is 2.77 bits per heavy atom. The van der Waals surface area contributed by atoms with E-state index in [1.807, 2.05) is 53.1 Å². The Morgan fingerprint density at radius 2 is 1.85 bits per heavy atom. The van der Waals surface area contributed by atoms with E-state index in [2.05, 4.69) is 26.3 Å². The second-order valence-electron chi connectivity index (χ2n) is 5.83. The maximum Gasteiger partial charge on any atom is 0.224 e. The Balaban J connectivity index is 1.50. The number of hydrogen-bond acceptors (Lipinski definition) is 5. The van der Waals surface area contributed by atoms with E-state index < -0.39 is 0 Å². The summed E-state index contributed by atoms with van der Waals surface area (Å²) in [5.74, 6) is 2.28. The predicted octanol–water partition coefficient (Wildman–Crippen LogP) is 3.48. The summed E-state index contributed by atoms with van der Waals surface area (Å²) in [7, 11) is 1.69. The molecular formula is C20H19N5O. The first kappa shape index (κ1) is 16.1. The van der Waals surface area contributed by atoms with E-state index in [1.165, 1.54) is 0 Å². The molecule has 0 radical (unpaired) electrons. The second kappa shape index (κ2) is 7.23. The maximum atomic E-state index is 5.39. The molecule has 6 nitrogen and oxygen atoms in total. The number of nitrogens with zero attached hydrogens (tertiary/aromatic N) is 4. The predicted molar refractivity (Wildman–Crippen MR) is 102 cm³/mol. The van der Waals surface area contributed by atoms with Crippen LogP contribution in [0.3, 0.4) is 0 Å². The van der Waals surface area contributed by atoms with Crippen molar-refractivity contribution in [2.24, 2.45) is 0 Å². The van der Waals surface area contributed by atoms with Crippen LogP contribution < -0.4 is 10.1 Å². The Bertz CT molecular complexity index is 1030. The van der Waals surface area contributed by atoms with Crippen molar-refractivity contribution in [1.82, 2.24) is 19.5 Å². The largest absolute Gasteiger partial charge is 0.496 e. The highest BCUT2D eigenvalue weighted by molar-refractivity contribution is 5.76. The Labute approximate surface area is 151 Å². The molecule has 0 spiro atoms. The maximum absolute atomic E-state index is 5.39. The van der Waals surface area contributed by atoms with E-state index in [4.69, 9.17) is 4.74 Å². The molecule has 1 N–H and O–H groups in total. The first-order chi connectivity index (χ1) is 12.8. The molecule has 2 aromatic carbocycles. The quantitative estimate of drug-likeness (QED) is 0.580. The molecule has 0 fully saturated rings. The third kappa shape index (κ3) is 3.21. The molecule has 0 saturated heterocycles. The molecule has 4 rings (SSSR count). The van der Waals surface area contributed by atoms with Crippen molar-refractivity contribution >= 4 is 17.0 Å². The van der Waals surface area contributed by atoms with Crippen molar-refractivity contribution in [3.8, 4) is 11.6 Å². The van der Waals surface area contributed by atoms with Gasteiger partial charge in [-0.25, -0.2) is 9.97 Å². The molecule has 0 bridgehead atoms. The van der Waals surface area contributed by atoms with Crippen LogP contribution in [-0.4, -0.2) is 33.2 Å². The van der Waals surface area contributed by atoms with Crippen molar-refractivity contribution in [2.45, 2.75) is 6.42 Å². The van der Waals surface area contributed by atoms with E-state index >= 15 is 0 Å². The lowest BCUT2D eigenvalue weighted by Crippen LogP contribution is -2.10. The van der Waals surface area contributed by atoms with Gasteiger partial charge in [-0.1, -0.05) is 30.3 Å². The average molecular weight is 345 g/mol. The van der Waals surface area contributed by atoms with Gasteiger partial charge in [0.1, 0.15) is 17.9 Å². The number of aromatic nitrogens is 4. The van der Waals surface area contributed by atoms with Crippen molar-refractivity contribution in [3.05, 3.63) is 72.7 Å². The number of imidazole rings is 1. The summed E-state index contributed by atoms with van der Waals surface area (Å²) in [6, 6.07) is 17.9. The number of rotatable bonds is 6. The number of anilines is 1. The molecule has 130 valence electrons. The second-order valence-corrected chi connectivity index (χ2v) is 5.83. The third-order valence-corrected chi connectivity index (χ3v) is 4.21. The highest BCUT2D eigenvalue weighted by Crippen LogP contribution is 2.19. The minimum absolute atomic E-state index is 0.593. The zero-order chi connectivity index (χ0) is 17.8. The number of benzene rings is 2. The molecule has 2 aromatic heterocycles. The normalized spacial score (nSPS) is 10.8. The monoisotopic (exact) mass is 345 g/mol. The fraction of sp³-hybridized carbons (Fsp3) is 0.150. The van der Waals surface area contributed by atoms with Crippen molar-refractivity contribution in [3.63, 3.8) is 0 Å². The summed E-state index contributed by atoms with van der Waals surface area (Å²) in [6.45, 7) is 0.717. The molecule has 26 heavy (non-hydrogen) atoms. The minimum atomic E-state index is 0.593. The topological polar surface area (TPSA) is 64.9 Å². The number of nitrogens with one attached hydrogen (secondary N) is 1. The minimum Gasteiger partial charge on any atom is -0.496 e. The first-order valence-corrected chi connectivity index (χ1v) is 8.46. The molecular weight excluding hydrogens is 326 g/mol. The van der Waals surface area contributed by atoms with Crippen LogP contribution in [0.1, 0.15) is 5.56 Å². The van der Waals surface area contributed by atoms with Gasteiger partial charge in [0.2, 0.25) is 5.95 Å². The summed E-state index contributed by atoms with van der Waals surface area (Å²) in [5.41, 5.74) is 3.11. The number of fused-ring (bicyclic) bond motifs is 1. The van der Waals surface area contributed by atoms with E-state index in [0.717, 1.165) is 34.6 Å². The van der Waals surface area contributed by atoms with Crippen LogP contribution >= 0.6 is 0 Å². The van der Waals surface area contributed by atoms with E-state index in [9.17, 15) is 0 Å². The zero-order valence-electron chi connectivity index (χ0n) is 14.5. The van der Waals surface area contributed by atoms with Crippen LogP contribution in [0.25, 0.3) is 16.9 Å².